The summed E-state index contributed by atoms with van der Waals surface area (Å²) in [6.45, 7) is 2.72. The average molecular weight is 625 g/mol. The van der Waals surface area contributed by atoms with Gasteiger partial charge in [-0.25, -0.2) is 13.2 Å². The second-order valence-corrected chi connectivity index (χ2v) is 11.5. The number of rotatable bonds is 11. The van der Waals surface area contributed by atoms with Gasteiger partial charge in [0.25, 0.3) is 0 Å². The van der Waals surface area contributed by atoms with Gasteiger partial charge in [-0.3, -0.25) is 9.79 Å². The van der Waals surface area contributed by atoms with Crippen molar-refractivity contribution < 1.29 is 36.3 Å². The van der Waals surface area contributed by atoms with Gasteiger partial charge in [-0.15, -0.1) is 0 Å². The number of hydrogen-bond acceptors (Lipinski definition) is 7. The van der Waals surface area contributed by atoms with Crippen molar-refractivity contribution in [1.29, 1.82) is 0 Å². The molecule has 3 N–H and O–H groups in total. The molecule has 0 unspecified atom stereocenters. The van der Waals surface area contributed by atoms with Crippen molar-refractivity contribution in [3.63, 3.8) is 0 Å². The lowest BCUT2D eigenvalue weighted by Gasteiger charge is -2.17. The molecule has 0 radical (unpaired) electrons. The summed E-state index contributed by atoms with van der Waals surface area (Å²) in [6, 6.07) is 12.5. The maximum Gasteiger partial charge on any atom is 0.490 e. The van der Waals surface area contributed by atoms with Gasteiger partial charge in [-0.1, -0.05) is 47.5 Å². The van der Waals surface area contributed by atoms with Gasteiger partial charge in [0.05, 0.1) is 16.5 Å². The van der Waals surface area contributed by atoms with E-state index in [9.17, 15) is 26.4 Å². The number of halogens is 5. The number of benzene rings is 2. The highest BCUT2D eigenvalue weighted by atomic mass is 35.5. The minimum Gasteiger partial charge on any atom is -0.475 e. The molecule has 0 aliphatic carbocycles. The first-order valence-corrected chi connectivity index (χ1v) is 14.4. The lowest BCUT2D eigenvalue weighted by atomic mass is 10.1. The summed E-state index contributed by atoms with van der Waals surface area (Å²) in [5.74, 6) is -2.04. The fourth-order valence-corrected chi connectivity index (χ4v) is 5.37. The van der Waals surface area contributed by atoms with Crippen molar-refractivity contribution in [3.05, 3.63) is 63.6 Å². The maximum absolute atomic E-state index is 12.4. The van der Waals surface area contributed by atoms with Crippen LogP contribution in [0.2, 0.25) is 10.0 Å². The number of aliphatic imine (C=N–C) groups is 1. The van der Waals surface area contributed by atoms with Crippen LogP contribution < -0.4 is 10.6 Å². The number of amidine groups is 1. The smallest absolute Gasteiger partial charge is 0.475 e. The normalized spacial score (nSPS) is 13.1. The van der Waals surface area contributed by atoms with Crippen LogP contribution in [-0.4, -0.2) is 81.4 Å². The summed E-state index contributed by atoms with van der Waals surface area (Å²) in [6.07, 6.45) is -3.44. The van der Waals surface area contributed by atoms with Crippen LogP contribution in [0.25, 0.3) is 0 Å². The van der Waals surface area contributed by atoms with E-state index in [2.05, 4.69) is 27.8 Å². The van der Waals surface area contributed by atoms with Gasteiger partial charge in [0.1, 0.15) is 11.7 Å². The number of aliphatic carboxylic acids is 1. The van der Waals surface area contributed by atoms with Crippen LogP contribution in [0.3, 0.4) is 0 Å². The summed E-state index contributed by atoms with van der Waals surface area (Å²) in [7, 11) is -1.80. The standard InChI is InChI=1S/C23H28Cl2N4O3S.C2HF3O2/c1-29(14-10-17-4-6-18(7-5-17)23-27-12-13-28-23)22(30)3-2-11-26-16-33(31,32)21-9-8-19(24)15-20(21)25;3-2(4,5)1(6)7/h4-9,15,26H,2-3,10-14,16H2,1H3,(H,27,28);(H,6,7). The van der Waals surface area contributed by atoms with E-state index in [1.807, 2.05) is 12.1 Å². The molecule has 1 aliphatic rings. The van der Waals surface area contributed by atoms with Gasteiger partial charge < -0.3 is 20.6 Å². The van der Waals surface area contributed by atoms with Crippen molar-refractivity contribution in [3.8, 4) is 0 Å². The monoisotopic (exact) mass is 624 g/mol. The molecular formula is C25H29Cl2F3N4O5S. The molecule has 3 rings (SSSR count). The van der Waals surface area contributed by atoms with Crippen LogP contribution in [0.5, 0.6) is 0 Å². The Labute approximate surface area is 240 Å². The number of carboxylic acids is 1. The van der Waals surface area contributed by atoms with Crippen LogP contribution in [-0.2, 0) is 25.8 Å². The molecule has 2 aromatic carbocycles. The van der Waals surface area contributed by atoms with E-state index in [4.69, 9.17) is 33.1 Å². The zero-order chi connectivity index (χ0) is 29.9. The minimum atomic E-state index is -5.08. The molecule has 0 saturated carbocycles. The molecular weight excluding hydrogens is 596 g/mol. The number of nitrogens with one attached hydrogen (secondary N) is 2. The quantitative estimate of drug-likeness (QED) is 0.325. The Hall–Kier alpha value is -2.87. The number of sulfone groups is 1. The largest absolute Gasteiger partial charge is 0.490 e. The number of alkyl halides is 3. The van der Waals surface area contributed by atoms with Crippen molar-refractivity contribution in [2.45, 2.75) is 30.3 Å². The highest BCUT2D eigenvalue weighted by Gasteiger charge is 2.38. The second-order valence-electron chi connectivity index (χ2n) is 8.66. The molecule has 15 heteroatoms. The van der Waals surface area contributed by atoms with E-state index in [1.54, 1.807) is 11.9 Å². The highest BCUT2D eigenvalue weighted by molar-refractivity contribution is 7.91. The number of amides is 1. The highest BCUT2D eigenvalue weighted by Crippen LogP contribution is 2.25. The number of likely N-dealkylation sites (N-methyl/N-ethyl adjacent to an activating group) is 1. The van der Waals surface area contributed by atoms with Crippen LogP contribution in [0, 0.1) is 0 Å². The summed E-state index contributed by atoms with van der Waals surface area (Å²) >= 11 is 11.8. The van der Waals surface area contributed by atoms with Crippen molar-refractivity contribution in [1.82, 2.24) is 15.5 Å². The van der Waals surface area contributed by atoms with E-state index in [-0.39, 0.29) is 21.7 Å². The fraction of sp³-hybridized carbons (Fsp3) is 0.400. The Bertz CT molecular complexity index is 1310. The Morgan fingerprint density at radius 2 is 1.80 bits per heavy atom. The number of carboxylic acid groups (broad SMARTS) is 1. The third-order valence-electron chi connectivity index (χ3n) is 5.57. The summed E-state index contributed by atoms with van der Waals surface area (Å²) in [5.41, 5.74) is 2.23. The summed E-state index contributed by atoms with van der Waals surface area (Å²) < 4.78 is 56.6. The molecule has 0 atom stereocenters. The van der Waals surface area contributed by atoms with Gasteiger partial charge in [-0.05, 0) is 43.1 Å². The molecule has 0 fully saturated rings. The lowest BCUT2D eigenvalue weighted by molar-refractivity contribution is -0.192. The minimum absolute atomic E-state index is 0.0292. The van der Waals surface area contributed by atoms with E-state index in [1.165, 1.54) is 18.2 Å². The molecule has 9 nitrogen and oxygen atoms in total. The van der Waals surface area contributed by atoms with Crippen molar-refractivity contribution >= 4 is 50.8 Å². The zero-order valence-corrected chi connectivity index (χ0v) is 23.8. The van der Waals surface area contributed by atoms with Crippen LogP contribution >= 0.6 is 23.2 Å². The number of carbonyl (C=O) groups excluding carboxylic acids is 1. The van der Waals surface area contributed by atoms with Crippen molar-refractivity contribution in [2.24, 2.45) is 4.99 Å². The Morgan fingerprint density at radius 3 is 2.35 bits per heavy atom. The molecule has 220 valence electrons. The predicted octanol–water partition coefficient (Wildman–Crippen LogP) is 3.78. The van der Waals surface area contributed by atoms with Gasteiger partial charge in [0, 0.05) is 37.1 Å². The van der Waals surface area contributed by atoms with Crippen molar-refractivity contribution in [2.75, 3.05) is 39.1 Å². The number of carbonyl (C=O) groups is 2. The molecule has 1 heterocycles. The average Bonchev–Trinajstić information content (AvgIpc) is 3.42. The first kappa shape index (κ1) is 33.3. The Kier molecular flexibility index (Phi) is 12.7. The van der Waals surface area contributed by atoms with Gasteiger partial charge >= 0.3 is 12.1 Å². The molecule has 1 amide bonds. The summed E-state index contributed by atoms with van der Waals surface area (Å²) in [5, 5.41) is 13.7. The van der Waals surface area contributed by atoms with Gasteiger partial charge in [-0.2, -0.15) is 13.2 Å². The Balaban J connectivity index is 0.000000708. The third-order valence-corrected chi connectivity index (χ3v) is 7.84. The third kappa shape index (κ3) is 11.0. The number of hydrogen-bond donors (Lipinski definition) is 3. The lowest BCUT2D eigenvalue weighted by Crippen LogP contribution is -2.30. The first-order chi connectivity index (χ1) is 18.7. The molecule has 0 bridgehead atoms. The SMILES string of the molecule is CN(CCc1ccc(C2=NCCN2)cc1)C(=O)CCCNCS(=O)(=O)c1ccc(Cl)cc1Cl.O=C(O)C(F)(F)F. The molecule has 0 aromatic heterocycles. The van der Waals surface area contributed by atoms with E-state index in [0.717, 1.165) is 36.5 Å². The topological polar surface area (TPSA) is 128 Å². The van der Waals surface area contributed by atoms with Crippen LogP contribution in [0.1, 0.15) is 24.0 Å². The number of nitrogens with zero attached hydrogens (tertiary/aromatic N) is 2. The van der Waals surface area contributed by atoms with E-state index in [0.29, 0.717) is 31.0 Å². The molecule has 0 saturated heterocycles. The molecule has 40 heavy (non-hydrogen) atoms. The zero-order valence-electron chi connectivity index (χ0n) is 21.5. The maximum atomic E-state index is 12.4. The predicted molar refractivity (Wildman–Crippen MR) is 147 cm³/mol. The van der Waals surface area contributed by atoms with Crippen LogP contribution in [0.15, 0.2) is 52.4 Å². The second kappa shape index (κ2) is 15.2. The first-order valence-electron chi connectivity index (χ1n) is 12.0. The Morgan fingerprint density at radius 1 is 1.15 bits per heavy atom. The van der Waals surface area contributed by atoms with E-state index >= 15 is 0 Å². The molecule has 1 aliphatic heterocycles. The van der Waals surface area contributed by atoms with Crippen LogP contribution in [0.4, 0.5) is 13.2 Å². The molecule has 2 aromatic rings. The van der Waals surface area contributed by atoms with Gasteiger partial charge in [0.2, 0.25) is 5.91 Å². The fourth-order valence-electron chi connectivity index (χ4n) is 3.41. The molecule has 0 spiro atoms. The summed E-state index contributed by atoms with van der Waals surface area (Å²) in [4.78, 5) is 27.4. The van der Waals surface area contributed by atoms with E-state index < -0.39 is 22.0 Å². The van der Waals surface area contributed by atoms with Gasteiger partial charge in [0.15, 0.2) is 9.84 Å².